The molecule has 0 amide bonds. The summed E-state index contributed by atoms with van der Waals surface area (Å²) >= 11 is 4.81. The zero-order valence-corrected chi connectivity index (χ0v) is 31.9. The second kappa shape index (κ2) is 16.4. The first-order valence-corrected chi connectivity index (χ1v) is 19.2. The van der Waals surface area contributed by atoms with Crippen molar-refractivity contribution >= 4 is 68.0 Å². The van der Waals surface area contributed by atoms with E-state index in [1.165, 1.54) is 11.8 Å². The van der Waals surface area contributed by atoms with E-state index in [9.17, 15) is 14.7 Å². The Morgan fingerprint density at radius 2 is 1.72 bits per heavy atom. The summed E-state index contributed by atoms with van der Waals surface area (Å²) in [4.78, 5) is 32.6. The second-order valence-electron chi connectivity index (χ2n) is 12.6. The number of carbonyl (C=O) groups excluding carboxylic acids is 2. The van der Waals surface area contributed by atoms with Crippen molar-refractivity contribution < 1.29 is 33.2 Å². The van der Waals surface area contributed by atoms with Crippen LogP contribution in [-0.4, -0.2) is 49.0 Å². The van der Waals surface area contributed by atoms with E-state index in [2.05, 4.69) is 69.9 Å². The molecule has 4 aromatic carbocycles. The number of carbonyl (C=O) groups is 2. The van der Waals surface area contributed by atoms with Gasteiger partial charge in [-0.2, -0.15) is 4.57 Å². The lowest BCUT2D eigenvalue weighted by Gasteiger charge is -2.28. The van der Waals surface area contributed by atoms with Crippen LogP contribution in [0.15, 0.2) is 134 Å². The Labute approximate surface area is 320 Å². The van der Waals surface area contributed by atoms with Crippen LogP contribution in [-0.2, 0) is 27.4 Å². The largest absolute Gasteiger partial charge is 0.426 e. The van der Waals surface area contributed by atoms with Gasteiger partial charge in [-0.25, -0.2) is 0 Å². The van der Waals surface area contributed by atoms with Gasteiger partial charge >= 0.3 is 11.9 Å². The summed E-state index contributed by atoms with van der Waals surface area (Å²) in [6.07, 6.45) is 3.71. The molecule has 53 heavy (non-hydrogen) atoms. The van der Waals surface area contributed by atoms with Crippen LogP contribution < -0.4 is 19.1 Å². The molecule has 2 heterocycles. The van der Waals surface area contributed by atoms with E-state index in [-0.39, 0.29) is 24.7 Å². The number of allylic oxidation sites excluding steroid dienone is 3. The monoisotopic (exact) mass is 792 g/mol. The number of aliphatic hydroxyl groups excluding tert-OH is 1. The average Bonchev–Trinajstić information content (AvgIpc) is 3.65. The fourth-order valence-corrected chi connectivity index (χ4v) is 7.79. The van der Waals surface area contributed by atoms with Crippen molar-refractivity contribution in [3.63, 3.8) is 0 Å². The summed E-state index contributed by atoms with van der Waals surface area (Å²) in [5, 5.41) is 9.23. The third-order valence-electron chi connectivity index (χ3n) is 8.98. The number of hydrogen-bond donors (Lipinski definition) is 1. The van der Waals surface area contributed by atoms with E-state index in [0.29, 0.717) is 59.5 Å². The van der Waals surface area contributed by atoms with Crippen molar-refractivity contribution in [2.45, 2.75) is 26.9 Å². The predicted molar refractivity (Wildman–Crippen MR) is 211 cm³/mol. The molecule has 7 rings (SSSR count). The minimum absolute atomic E-state index is 0.00571. The number of fused-ring (bicyclic) bond motifs is 2. The summed E-state index contributed by atoms with van der Waals surface area (Å²) in [6.45, 7) is 6.41. The van der Waals surface area contributed by atoms with Gasteiger partial charge in [0.2, 0.25) is 5.58 Å². The number of aryl methyl sites for hydroxylation is 1. The molecule has 5 aromatic rings. The van der Waals surface area contributed by atoms with Gasteiger partial charge in [-0.05, 0) is 61.4 Å². The highest BCUT2D eigenvalue weighted by Gasteiger charge is 2.38. The van der Waals surface area contributed by atoms with E-state index in [4.69, 9.17) is 13.9 Å². The average molecular weight is 794 g/mol. The molecule has 11 heteroatoms. The van der Waals surface area contributed by atoms with Crippen LogP contribution >= 0.6 is 27.7 Å². The number of aliphatic hydroxyl groups is 1. The maximum atomic E-state index is 14.3. The van der Waals surface area contributed by atoms with Crippen molar-refractivity contribution in [1.82, 2.24) is 0 Å². The molecule has 1 aliphatic heterocycles. The summed E-state index contributed by atoms with van der Waals surface area (Å²) in [5.41, 5.74) is 6.86. The summed E-state index contributed by atoms with van der Waals surface area (Å²) in [5.74, 6) is 1.23. The number of thioether (sulfide) groups is 1. The number of Topliss-reactive ketones (excluding diaryl/α,β-unsaturated/α-hetero) is 1. The number of nitrogens with zero attached hydrogens (tertiary/aromatic N) is 3. The van der Waals surface area contributed by atoms with Crippen molar-refractivity contribution in [3.05, 3.63) is 147 Å². The molecule has 0 spiro atoms. The molecule has 1 N–H and O–H groups in total. The van der Waals surface area contributed by atoms with Gasteiger partial charge in [0, 0.05) is 45.7 Å². The molecule has 2 aliphatic rings. The van der Waals surface area contributed by atoms with Gasteiger partial charge in [-0.15, -0.1) is 11.8 Å². The minimum atomic E-state index is -0.422. The molecule has 0 unspecified atom stereocenters. The maximum Gasteiger partial charge on any atom is 0.374 e. The lowest BCUT2D eigenvalue weighted by molar-refractivity contribution is -0.679. The Bertz CT molecular complexity index is 2250. The number of hydrogen-bond acceptors (Lipinski definition) is 9. The molecular weight excluding hydrogens is 754 g/mol. The molecule has 1 aliphatic carbocycles. The lowest BCUT2D eigenvalue weighted by Crippen LogP contribution is -2.38. The smallest absolute Gasteiger partial charge is 0.374 e. The standard InChI is InChI=1S/C42H39BrN3O6S/c1-3-44-36-22-28(2)14-16-34(36)46(26-29-10-6-4-7-11-29)38(44)24-32-41(49)33(42(32)53-27-40(48)51-31-12-8-5-9-13-31)25-39-45(18-20-50-21-19-47)35-17-15-30(43)23-37(35)52-39/h4-17,22-25,47H,3,18-21,26-27H2,1-2H3/q+1. The molecule has 9 nitrogen and oxygen atoms in total. The normalized spacial score (nSPS) is 15.5. The number of aromatic nitrogens is 1. The Morgan fingerprint density at radius 3 is 2.47 bits per heavy atom. The quantitative estimate of drug-likeness (QED) is 0.0398. The van der Waals surface area contributed by atoms with Crippen molar-refractivity contribution in [1.29, 1.82) is 0 Å². The number of para-hydroxylation sites is 1. The number of anilines is 2. The molecule has 270 valence electrons. The molecule has 1 aromatic heterocycles. The van der Waals surface area contributed by atoms with Crippen LogP contribution in [0.4, 0.5) is 11.4 Å². The van der Waals surface area contributed by atoms with Crippen LogP contribution in [0, 0.1) is 6.92 Å². The summed E-state index contributed by atoms with van der Waals surface area (Å²) < 4.78 is 20.3. The van der Waals surface area contributed by atoms with Crippen LogP contribution in [0.1, 0.15) is 23.9 Å². The lowest BCUT2D eigenvalue weighted by atomic mass is 9.89. The first kappa shape index (κ1) is 36.4. The van der Waals surface area contributed by atoms with E-state index in [1.807, 2.05) is 65.2 Å². The molecule has 0 bridgehead atoms. The number of rotatable bonds is 14. The van der Waals surface area contributed by atoms with Gasteiger partial charge in [0.05, 0.1) is 36.4 Å². The second-order valence-corrected chi connectivity index (χ2v) is 14.5. The van der Waals surface area contributed by atoms with Crippen molar-refractivity contribution in [2.24, 2.45) is 0 Å². The van der Waals surface area contributed by atoms with Gasteiger partial charge < -0.3 is 28.8 Å². The van der Waals surface area contributed by atoms with E-state index < -0.39 is 5.97 Å². The first-order chi connectivity index (χ1) is 25.8. The highest BCUT2D eigenvalue weighted by atomic mass is 79.9. The first-order valence-electron chi connectivity index (χ1n) is 17.5. The highest BCUT2D eigenvalue weighted by Crippen LogP contribution is 2.46. The van der Waals surface area contributed by atoms with Crippen LogP contribution in [0.5, 0.6) is 5.75 Å². The third-order valence-corrected chi connectivity index (χ3v) is 10.6. The third kappa shape index (κ3) is 7.89. The number of ketones is 1. The SMILES string of the molecule is CCN1/C(=C/C2=C(SCC(=O)Oc3ccccc3)C(=C\c3oc4cc(Br)ccc4[n+]3CCOCCO)/C2=O)N(Cc2ccccc2)c2ccc(C)cc21. The van der Waals surface area contributed by atoms with E-state index in [0.717, 1.165) is 38.3 Å². The fraction of sp³-hybridized carbons (Fsp3) is 0.214. The predicted octanol–water partition coefficient (Wildman–Crippen LogP) is 7.75. The maximum absolute atomic E-state index is 14.3. The Balaban J connectivity index is 1.31. The molecule has 0 saturated heterocycles. The topological polar surface area (TPSA) is 96.3 Å². The molecular formula is C42H39BrN3O6S+. The molecule has 0 fully saturated rings. The van der Waals surface area contributed by atoms with Gasteiger partial charge in [0.15, 0.2) is 12.3 Å². The molecule has 0 atom stereocenters. The van der Waals surface area contributed by atoms with Crippen LogP contribution in [0.3, 0.4) is 0 Å². The molecule has 0 radical (unpaired) electrons. The summed E-state index contributed by atoms with van der Waals surface area (Å²) in [6, 6.07) is 31.4. The number of esters is 1. The van der Waals surface area contributed by atoms with Crippen molar-refractivity contribution in [3.8, 4) is 5.75 Å². The Kier molecular flexibility index (Phi) is 11.3. The van der Waals surface area contributed by atoms with Gasteiger partial charge in [-0.1, -0.05) is 70.5 Å². The fourth-order valence-electron chi connectivity index (χ4n) is 6.52. The van der Waals surface area contributed by atoms with E-state index >= 15 is 0 Å². The van der Waals surface area contributed by atoms with Crippen LogP contribution in [0.2, 0.25) is 0 Å². The van der Waals surface area contributed by atoms with Gasteiger partial charge in [-0.3, -0.25) is 9.59 Å². The van der Waals surface area contributed by atoms with Crippen LogP contribution in [0.25, 0.3) is 17.2 Å². The van der Waals surface area contributed by atoms with Gasteiger partial charge in [0.1, 0.15) is 18.2 Å². The highest BCUT2D eigenvalue weighted by molar-refractivity contribution is 9.10. The Morgan fingerprint density at radius 1 is 0.943 bits per heavy atom. The van der Waals surface area contributed by atoms with Gasteiger partial charge in [0.25, 0.3) is 5.52 Å². The minimum Gasteiger partial charge on any atom is -0.426 e. The number of ether oxygens (including phenoxy) is 2. The Hall–Kier alpha value is -4.94. The number of benzene rings is 4. The summed E-state index contributed by atoms with van der Waals surface area (Å²) in [7, 11) is 0. The zero-order chi connectivity index (χ0) is 36.9. The van der Waals surface area contributed by atoms with Crippen molar-refractivity contribution in [2.75, 3.05) is 41.9 Å². The zero-order valence-electron chi connectivity index (χ0n) is 29.5. The van der Waals surface area contributed by atoms with E-state index in [1.54, 1.807) is 18.2 Å². The molecule has 0 saturated carbocycles. The number of halogens is 1. The number of oxazole rings is 1.